The van der Waals surface area contributed by atoms with Crippen LogP contribution >= 0.6 is 0 Å². The highest BCUT2D eigenvalue weighted by Gasteiger charge is 2.48. The smallest absolute Gasteiger partial charge is 0.299 e. The highest BCUT2D eigenvalue weighted by atomic mass is 32.2. The average Bonchev–Trinajstić information content (AvgIpc) is 2.79. The van der Waals surface area contributed by atoms with Crippen LogP contribution in [0.15, 0.2) is 72.0 Å². The molecule has 2 atom stereocenters. The lowest BCUT2D eigenvalue weighted by Gasteiger charge is -2.39. The number of sulfonamides is 1. The van der Waals surface area contributed by atoms with Crippen molar-refractivity contribution in [2.24, 2.45) is 4.99 Å². The predicted molar refractivity (Wildman–Crippen MR) is 130 cm³/mol. The van der Waals surface area contributed by atoms with Crippen LogP contribution < -0.4 is 10.0 Å². The zero-order valence-electron chi connectivity index (χ0n) is 19.2. The number of aromatic nitrogens is 2. The zero-order valence-corrected chi connectivity index (χ0v) is 20.0. The van der Waals surface area contributed by atoms with Gasteiger partial charge in [0.1, 0.15) is 16.7 Å². The molecular formula is C24H26FN5O4S. The molecule has 1 aliphatic rings. The highest BCUT2D eigenvalue weighted by Crippen LogP contribution is 2.39. The van der Waals surface area contributed by atoms with Crippen molar-refractivity contribution >= 4 is 27.7 Å². The summed E-state index contributed by atoms with van der Waals surface area (Å²) in [5, 5.41) is 11.5. The van der Waals surface area contributed by atoms with E-state index >= 15 is 0 Å². The fourth-order valence-corrected chi connectivity index (χ4v) is 5.81. The standard InChI is InChI=1S/C24H26FN5O4S/c1-24(2)21(16-8-10-17(11-9-16)28-22-26-13-5-14-27-22)35(32,33)30-23(34-24)29-20(12-15-31)18-6-3-4-7-19(18)25/h3-11,13-14,20-21,31H,12,15H2,1-2H3,(H,29,30)(H,26,27,28)/t20-,21?/m0/s1. The molecule has 1 unspecified atom stereocenters. The van der Waals surface area contributed by atoms with Crippen molar-refractivity contribution in [1.82, 2.24) is 14.7 Å². The van der Waals surface area contributed by atoms with Crippen LogP contribution in [-0.2, 0) is 14.8 Å². The van der Waals surface area contributed by atoms with Crippen molar-refractivity contribution in [2.45, 2.75) is 37.2 Å². The van der Waals surface area contributed by atoms with Crippen LogP contribution in [0.1, 0.15) is 42.7 Å². The van der Waals surface area contributed by atoms with Crippen molar-refractivity contribution in [3.63, 3.8) is 0 Å². The summed E-state index contributed by atoms with van der Waals surface area (Å²) in [6.45, 7) is 3.04. The maximum absolute atomic E-state index is 14.3. The van der Waals surface area contributed by atoms with Crippen molar-refractivity contribution in [2.75, 3.05) is 11.9 Å². The Morgan fingerprint density at radius 1 is 1.14 bits per heavy atom. The van der Waals surface area contributed by atoms with Crippen LogP contribution in [-0.4, -0.2) is 41.7 Å². The third-order valence-electron chi connectivity index (χ3n) is 5.51. The van der Waals surface area contributed by atoms with Gasteiger partial charge in [-0.1, -0.05) is 30.3 Å². The molecule has 9 nitrogen and oxygen atoms in total. The van der Waals surface area contributed by atoms with E-state index in [-0.39, 0.29) is 24.6 Å². The average molecular weight is 500 g/mol. The molecule has 3 N–H and O–H groups in total. The number of hydrogen-bond acceptors (Lipinski definition) is 8. The maximum atomic E-state index is 14.3. The minimum Gasteiger partial charge on any atom is -0.457 e. The summed E-state index contributed by atoms with van der Waals surface area (Å²) in [5.41, 5.74) is 0.252. The second-order valence-corrected chi connectivity index (χ2v) is 10.3. The van der Waals surface area contributed by atoms with E-state index in [4.69, 9.17) is 4.74 Å². The first-order chi connectivity index (χ1) is 16.7. The largest absolute Gasteiger partial charge is 0.457 e. The molecule has 1 aromatic heterocycles. The number of aliphatic hydroxyl groups is 1. The molecule has 184 valence electrons. The number of nitrogens with one attached hydrogen (secondary N) is 2. The van der Waals surface area contributed by atoms with Gasteiger partial charge in [-0.05, 0) is 50.1 Å². The van der Waals surface area contributed by atoms with Crippen LogP contribution in [0.25, 0.3) is 0 Å². The lowest BCUT2D eigenvalue weighted by Crippen LogP contribution is -2.53. The van der Waals surface area contributed by atoms with Gasteiger partial charge in [0.25, 0.3) is 6.02 Å². The quantitative estimate of drug-likeness (QED) is 0.453. The van der Waals surface area contributed by atoms with Gasteiger partial charge in [0.2, 0.25) is 16.0 Å². The number of benzene rings is 2. The third kappa shape index (κ3) is 5.57. The Morgan fingerprint density at radius 2 is 1.83 bits per heavy atom. The molecule has 2 aromatic carbocycles. The van der Waals surface area contributed by atoms with Crippen molar-refractivity contribution in [3.05, 3.63) is 83.9 Å². The number of anilines is 2. The number of rotatable bonds is 7. The van der Waals surface area contributed by atoms with Crippen molar-refractivity contribution in [3.8, 4) is 0 Å². The van der Waals surface area contributed by atoms with E-state index in [1.165, 1.54) is 6.07 Å². The van der Waals surface area contributed by atoms with E-state index < -0.39 is 32.7 Å². The number of halogens is 1. The first kappa shape index (κ1) is 24.6. The number of aliphatic imine (C=N–C) groups is 1. The van der Waals surface area contributed by atoms with E-state index in [1.54, 1.807) is 74.8 Å². The SMILES string of the molecule is CC1(C)OC(=N[C@@H](CCO)c2ccccc2F)NS(=O)(=O)C1c1ccc(Nc2ncccn2)cc1. The number of ether oxygens (including phenoxy) is 1. The zero-order chi connectivity index (χ0) is 25.1. The summed E-state index contributed by atoms with van der Waals surface area (Å²) < 4.78 is 49.3. The lowest BCUT2D eigenvalue weighted by molar-refractivity contribution is 0.0758. The van der Waals surface area contributed by atoms with Gasteiger partial charge in [-0.2, -0.15) is 0 Å². The van der Waals surface area contributed by atoms with Gasteiger partial charge in [0, 0.05) is 30.3 Å². The molecule has 0 amide bonds. The molecule has 4 rings (SSSR count). The number of nitrogens with zero attached hydrogens (tertiary/aromatic N) is 3. The third-order valence-corrected chi connectivity index (χ3v) is 7.43. The molecule has 0 spiro atoms. The number of amidine groups is 1. The predicted octanol–water partition coefficient (Wildman–Crippen LogP) is 3.61. The van der Waals surface area contributed by atoms with Gasteiger partial charge < -0.3 is 15.2 Å². The second-order valence-electron chi connectivity index (χ2n) is 8.54. The summed E-state index contributed by atoms with van der Waals surface area (Å²) in [6.07, 6.45) is 3.32. The molecule has 0 bridgehead atoms. The molecular weight excluding hydrogens is 473 g/mol. The van der Waals surface area contributed by atoms with Gasteiger partial charge in [-0.25, -0.2) is 32.5 Å². The van der Waals surface area contributed by atoms with E-state index in [2.05, 4.69) is 25.0 Å². The summed E-state index contributed by atoms with van der Waals surface area (Å²) in [5.74, 6) is -0.0790. The summed E-state index contributed by atoms with van der Waals surface area (Å²) >= 11 is 0. The molecule has 2 heterocycles. The van der Waals surface area contributed by atoms with E-state index in [0.29, 0.717) is 17.2 Å². The Hall–Kier alpha value is -3.57. The fourth-order valence-electron chi connectivity index (χ4n) is 4.04. The Kier molecular flexibility index (Phi) is 6.99. The van der Waals surface area contributed by atoms with Crippen LogP contribution in [0.3, 0.4) is 0 Å². The number of hydrogen-bond donors (Lipinski definition) is 3. The van der Waals surface area contributed by atoms with Crippen LogP contribution in [0.5, 0.6) is 0 Å². The maximum Gasteiger partial charge on any atom is 0.299 e. The molecule has 0 saturated carbocycles. The minimum atomic E-state index is -3.97. The normalized spacial score (nSPS) is 20.5. The van der Waals surface area contributed by atoms with E-state index in [1.807, 2.05) is 0 Å². The van der Waals surface area contributed by atoms with Crippen LogP contribution in [0, 0.1) is 5.82 Å². The van der Waals surface area contributed by atoms with Gasteiger partial charge in [0.15, 0.2) is 0 Å². The van der Waals surface area contributed by atoms with Crippen LogP contribution in [0.2, 0.25) is 0 Å². The number of aliphatic hydroxyl groups excluding tert-OH is 1. The topological polar surface area (TPSA) is 126 Å². The van der Waals surface area contributed by atoms with Gasteiger partial charge in [-0.3, -0.25) is 0 Å². The molecule has 11 heteroatoms. The fraction of sp³-hybridized carbons (Fsp3) is 0.292. The first-order valence-electron chi connectivity index (χ1n) is 11.0. The molecule has 3 aromatic rings. The molecule has 1 aliphatic heterocycles. The Bertz CT molecular complexity index is 1300. The minimum absolute atomic E-state index is 0.0962. The second kappa shape index (κ2) is 9.96. The molecule has 0 aliphatic carbocycles. The van der Waals surface area contributed by atoms with Crippen molar-refractivity contribution < 1.29 is 22.7 Å². The first-order valence-corrected chi connectivity index (χ1v) is 12.5. The van der Waals surface area contributed by atoms with Gasteiger partial charge in [0.05, 0.1) is 6.04 Å². The highest BCUT2D eigenvalue weighted by molar-refractivity contribution is 7.90. The van der Waals surface area contributed by atoms with Gasteiger partial charge >= 0.3 is 0 Å². The molecule has 1 fully saturated rings. The van der Waals surface area contributed by atoms with Gasteiger partial charge in [-0.15, -0.1) is 0 Å². The van der Waals surface area contributed by atoms with E-state index in [0.717, 1.165) is 0 Å². The lowest BCUT2D eigenvalue weighted by atomic mass is 9.97. The molecule has 35 heavy (non-hydrogen) atoms. The Morgan fingerprint density at radius 3 is 2.46 bits per heavy atom. The van der Waals surface area contributed by atoms with E-state index in [9.17, 15) is 17.9 Å². The Balaban J connectivity index is 1.59. The molecule has 1 saturated heterocycles. The summed E-state index contributed by atoms with van der Waals surface area (Å²) in [7, 11) is -3.97. The van der Waals surface area contributed by atoms with Crippen molar-refractivity contribution in [1.29, 1.82) is 0 Å². The Labute approximate surface area is 203 Å². The monoisotopic (exact) mass is 499 g/mol. The summed E-state index contributed by atoms with van der Waals surface area (Å²) in [4.78, 5) is 12.5. The molecule has 0 radical (unpaired) electrons. The summed E-state index contributed by atoms with van der Waals surface area (Å²) in [6, 6.07) is 13.5. The van der Waals surface area contributed by atoms with Crippen LogP contribution in [0.4, 0.5) is 16.0 Å².